The molecule has 0 aliphatic carbocycles. The van der Waals surface area contributed by atoms with E-state index in [4.69, 9.17) is 4.74 Å². The summed E-state index contributed by atoms with van der Waals surface area (Å²) < 4.78 is 5.22. The van der Waals surface area contributed by atoms with Crippen molar-refractivity contribution in [3.63, 3.8) is 0 Å². The molecule has 0 atom stereocenters. The number of hydrogen-bond donors (Lipinski definition) is 2. The number of anilines is 1. The summed E-state index contributed by atoms with van der Waals surface area (Å²) in [5.74, 6) is -0.110. The number of carbonyl (C=O) groups is 2. The minimum absolute atomic E-state index is 0.00130. The molecule has 0 spiro atoms. The Morgan fingerprint density at radius 3 is 2.45 bits per heavy atom. The first-order valence-electron chi connectivity index (χ1n) is 6.62. The molecule has 6 nitrogen and oxygen atoms in total. The molecule has 0 unspecified atom stereocenters. The van der Waals surface area contributed by atoms with Crippen LogP contribution in [0.5, 0.6) is 0 Å². The largest absolute Gasteiger partial charge is 0.378 e. The molecule has 0 aromatic heterocycles. The summed E-state index contributed by atoms with van der Waals surface area (Å²) in [5, 5.41) is 5.52. The topological polar surface area (TPSA) is 70.7 Å². The molecule has 20 heavy (non-hydrogen) atoms. The van der Waals surface area contributed by atoms with Crippen molar-refractivity contribution in [2.24, 2.45) is 0 Å². The van der Waals surface area contributed by atoms with Crippen LogP contribution in [0.2, 0.25) is 0 Å². The van der Waals surface area contributed by atoms with E-state index in [9.17, 15) is 9.59 Å². The number of morpholine rings is 1. The highest BCUT2D eigenvalue weighted by Gasteiger charge is 2.18. The second-order valence-corrected chi connectivity index (χ2v) is 4.56. The minimum atomic E-state index is -0.111. The molecule has 1 fully saturated rings. The number of likely N-dealkylation sites (N-methyl/N-ethyl adjacent to an activating group) is 1. The van der Waals surface area contributed by atoms with Gasteiger partial charge in [-0.05, 0) is 31.3 Å². The fraction of sp³-hybridized carbons (Fsp3) is 0.429. The third-order valence-electron chi connectivity index (χ3n) is 3.05. The third-order valence-corrected chi connectivity index (χ3v) is 3.05. The van der Waals surface area contributed by atoms with E-state index in [1.54, 1.807) is 36.2 Å². The zero-order chi connectivity index (χ0) is 14.4. The van der Waals surface area contributed by atoms with Gasteiger partial charge in [-0.1, -0.05) is 0 Å². The van der Waals surface area contributed by atoms with E-state index in [-0.39, 0.29) is 18.4 Å². The normalized spacial score (nSPS) is 14.9. The van der Waals surface area contributed by atoms with E-state index < -0.39 is 0 Å². The van der Waals surface area contributed by atoms with Gasteiger partial charge in [0.05, 0.1) is 19.8 Å². The lowest BCUT2D eigenvalue weighted by Gasteiger charge is -2.26. The number of ether oxygens (including phenoxy) is 1. The van der Waals surface area contributed by atoms with Gasteiger partial charge in [0.2, 0.25) is 5.91 Å². The second-order valence-electron chi connectivity index (χ2n) is 4.56. The van der Waals surface area contributed by atoms with Crippen LogP contribution in [-0.2, 0) is 9.53 Å². The van der Waals surface area contributed by atoms with Crippen molar-refractivity contribution in [2.45, 2.75) is 0 Å². The highest BCUT2D eigenvalue weighted by Crippen LogP contribution is 2.12. The molecule has 1 saturated heterocycles. The van der Waals surface area contributed by atoms with Crippen molar-refractivity contribution >= 4 is 17.5 Å². The first-order valence-corrected chi connectivity index (χ1v) is 6.62. The molecule has 1 aromatic carbocycles. The molecule has 0 radical (unpaired) electrons. The van der Waals surface area contributed by atoms with Crippen LogP contribution in [0.4, 0.5) is 5.69 Å². The number of benzene rings is 1. The lowest BCUT2D eigenvalue weighted by molar-refractivity contribution is -0.115. The summed E-state index contributed by atoms with van der Waals surface area (Å²) >= 11 is 0. The summed E-state index contributed by atoms with van der Waals surface area (Å²) in [5.41, 5.74) is 1.31. The predicted octanol–water partition coefficient (Wildman–Crippen LogP) is 0.317. The predicted molar refractivity (Wildman–Crippen MR) is 75.7 cm³/mol. The third kappa shape index (κ3) is 3.79. The Labute approximate surface area is 118 Å². The molecule has 0 saturated carbocycles. The van der Waals surface area contributed by atoms with Crippen LogP contribution in [0, 0.1) is 0 Å². The van der Waals surface area contributed by atoms with Gasteiger partial charge in [0, 0.05) is 24.3 Å². The average molecular weight is 277 g/mol. The zero-order valence-electron chi connectivity index (χ0n) is 11.5. The number of amides is 2. The van der Waals surface area contributed by atoms with Crippen molar-refractivity contribution < 1.29 is 14.3 Å². The van der Waals surface area contributed by atoms with Crippen molar-refractivity contribution in [2.75, 3.05) is 45.2 Å². The monoisotopic (exact) mass is 277 g/mol. The molecule has 1 aliphatic heterocycles. The van der Waals surface area contributed by atoms with Crippen LogP contribution >= 0.6 is 0 Å². The standard InChI is InChI=1S/C14H19N3O3/c1-15-10-13(18)16-12-4-2-11(3-5-12)14(19)17-6-8-20-9-7-17/h2-5,15H,6-10H2,1H3,(H,16,18). The van der Waals surface area contributed by atoms with Crippen molar-refractivity contribution in [1.29, 1.82) is 0 Å². The van der Waals surface area contributed by atoms with Gasteiger partial charge in [0.15, 0.2) is 0 Å². The molecule has 108 valence electrons. The van der Waals surface area contributed by atoms with E-state index in [1.807, 2.05) is 0 Å². The number of carbonyl (C=O) groups excluding carboxylic acids is 2. The number of nitrogens with one attached hydrogen (secondary N) is 2. The van der Waals surface area contributed by atoms with E-state index in [1.165, 1.54) is 0 Å². The Balaban J connectivity index is 1.96. The van der Waals surface area contributed by atoms with E-state index in [0.717, 1.165) is 0 Å². The van der Waals surface area contributed by atoms with Crippen molar-refractivity contribution in [3.8, 4) is 0 Å². The van der Waals surface area contributed by atoms with E-state index in [0.29, 0.717) is 37.6 Å². The summed E-state index contributed by atoms with van der Waals surface area (Å²) in [6.45, 7) is 2.68. The molecule has 1 aliphatic rings. The molecule has 2 amide bonds. The van der Waals surface area contributed by atoms with Crippen LogP contribution in [0.25, 0.3) is 0 Å². The Kier molecular flexibility index (Phi) is 5.09. The fourth-order valence-electron chi connectivity index (χ4n) is 2.01. The maximum Gasteiger partial charge on any atom is 0.254 e. The molecule has 2 rings (SSSR count). The highest BCUT2D eigenvalue weighted by molar-refractivity contribution is 5.96. The van der Waals surface area contributed by atoms with Gasteiger partial charge in [0.1, 0.15) is 0 Å². The maximum absolute atomic E-state index is 12.2. The molecule has 0 bridgehead atoms. The molecule has 1 aromatic rings. The number of rotatable bonds is 4. The fourth-order valence-corrected chi connectivity index (χ4v) is 2.01. The van der Waals surface area contributed by atoms with Crippen LogP contribution in [0.3, 0.4) is 0 Å². The lowest BCUT2D eigenvalue weighted by atomic mass is 10.1. The van der Waals surface area contributed by atoms with Gasteiger partial charge in [-0.25, -0.2) is 0 Å². The van der Waals surface area contributed by atoms with Crippen molar-refractivity contribution in [3.05, 3.63) is 29.8 Å². The van der Waals surface area contributed by atoms with Crippen LogP contribution in [0.15, 0.2) is 24.3 Å². The zero-order valence-corrected chi connectivity index (χ0v) is 11.5. The summed E-state index contributed by atoms with van der Waals surface area (Å²) in [6.07, 6.45) is 0. The molecular formula is C14H19N3O3. The molecule has 6 heteroatoms. The van der Waals surface area contributed by atoms with Gasteiger partial charge in [-0.2, -0.15) is 0 Å². The number of hydrogen-bond acceptors (Lipinski definition) is 4. The van der Waals surface area contributed by atoms with Crippen molar-refractivity contribution in [1.82, 2.24) is 10.2 Å². The lowest BCUT2D eigenvalue weighted by Crippen LogP contribution is -2.40. The molecular weight excluding hydrogens is 258 g/mol. The Morgan fingerprint density at radius 2 is 1.85 bits per heavy atom. The maximum atomic E-state index is 12.2. The average Bonchev–Trinajstić information content (AvgIpc) is 2.48. The van der Waals surface area contributed by atoms with Gasteiger partial charge in [0.25, 0.3) is 5.91 Å². The van der Waals surface area contributed by atoms with Crippen LogP contribution in [-0.4, -0.2) is 56.6 Å². The summed E-state index contributed by atoms with van der Waals surface area (Å²) in [7, 11) is 1.71. The van der Waals surface area contributed by atoms with E-state index >= 15 is 0 Å². The highest BCUT2D eigenvalue weighted by atomic mass is 16.5. The van der Waals surface area contributed by atoms with Crippen LogP contribution in [0.1, 0.15) is 10.4 Å². The van der Waals surface area contributed by atoms with Crippen LogP contribution < -0.4 is 10.6 Å². The van der Waals surface area contributed by atoms with E-state index in [2.05, 4.69) is 10.6 Å². The first-order chi connectivity index (χ1) is 9.70. The smallest absolute Gasteiger partial charge is 0.254 e. The quantitative estimate of drug-likeness (QED) is 0.831. The first kappa shape index (κ1) is 14.5. The summed E-state index contributed by atoms with van der Waals surface area (Å²) in [4.78, 5) is 25.4. The van der Waals surface area contributed by atoms with Gasteiger partial charge >= 0.3 is 0 Å². The summed E-state index contributed by atoms with van der Waals surface area (Å²) in [6, 6.07) is 6.93. The SMILES string of the molecule is CNCC(=O)Nc1ccc(C(=O)N2CCOCC2)cc1. The number of nitrogens with zero attached hydrogens (tertiary/aromatic N) is 1. The molecule has 2 N–H and O–H groups in total. The Hall–Kier alpha value is -1.92. The van der Waals surface area contributed by atoms with Gasteiger partial charge in [-0.15, -0.1) is 0 Å². The Bertz CT molecular complexity index is 467. The second kappa shape index (κ2) is 7.02. The van der Waals surface area contributed by atoms with Gasteiger partial charge in [-0.3, -0.25) is 9.59 Å². The van der Waals surface area contributed by atoms with Gasteiger partial charge < -0.3 is 20.3 Å². The minimum Gasteiger partial charge on any atom is -0.378 e. The Morgan fingerprint density at radius 1 is 1.20 bits per heavy atom. The molecule has 1 heterocycles.